The highest BCUT2D eigenvalue weighted by Gasteiger charge is 2.11. The van der Waals surface area contributed by atoms with Gasteiger partial charge in [0, 0.05) is 13.2 Å². The topological polar surface area (TPSA) is 79.9 Å². The zero-order chi connectivity index (χ0) is 13.7. The Bertz CT molecular complexity index is 613. The molecule has 1 N–H and O–H groups in total. The fourth-order valence-electron chi connectivity index (χ4n) is 1.52. The minimum Gasteiger partial charge on any atom is -0.444 e. The molecule has 1 aromatic heterocycles. The van der Waals surface area contributed by atoms with Crippen molar-refractivity contribution in [2.24, 2.45) is 7.05 Å². The largest absolute Gasteiger partial charge is 0.444 e. The normalized spacial score (nSPS) is 9.68. The Kier molecular flexibility index (Phi) is 3.78. The van der Waals surface area contributed by atoms with E-state index in [1.54, 1.807) is 7.05 Å². The number of nitrogens with one attached hydrogen (secondary N) is 1. The molecule has 0 saturated carbocycles. The lowest BCUT2D eigenvalue weighted by molar-refractivity contribution is 0.155. The monoisotopic (exact) mass is 256 g/mol. The van der Waals surface area contributed by atoms with Crippen LogP contribution in [0.4, 0.5) is 10.6 Å². The first-order valence-electron chi connectivity index (χ1n) is 5.60. The van der Waals surface area contributed by atoms with Gasteiger partial charge in [-0.2, -0.15) is 10.4 Å². The second kappa shape index (κ2) is 5.69. The molecule has 0 aliphatic heterocycles. The van der Waals surface area contributed by atoms with Crippen molar-refractivity contribution in [3.8, 4) is 6.07 Å². The number of amides is 1. The Balaban J connectivity index is 1.93. The lowest BCUT2D eigenvalue weighted by Gasteiger charge is -2.05. The van der Waals surface area contributed by atoms with E-state index in [1.807, 2.05) is 36.4 Å². The zero-order valence-electron chi connectivity index (χ0n) is 10.3. The fraction of sp³-hybridized carbons (Fsp3) is 0.154. The van der Waals surface area contributed by atoms with Crippen LogP contribution in [-0.4, -0.2) is 15.9 Å². The van der Waals surface area contributed by atoms with Crippen LogP contribution in [0.2, 0.25) is 0 Å². The van der Waals surface area contributed by atoms with Crippen LogP contribution >= 0.6 is 0 Å². The Labute approximate surface area is 110 Å². The Morgan fingerprint density at radius 2 is 2.21 bits per heavy atom. The molecule has 0 aliphatic rings. The van der Waals surface area contributed by atoms with E-state index in [9.17, 15) is 4.79 Å². The van der Waals surface area contributed by atoms with Gasteiger partial charge in [-0.1, -0.05) is 30.3 Å². The third-order valence-corrected chi connectivity index (χ3v) is 2.38. The number of anilines is 1. The van der Waals surface area contributed by atoms with E-state index < -0.39 is 6.09 Å². The molecule has 19 heavy (non-hydrogen) atoms. The van der Waals surface area contributed by atoms with Gasteiger partial charge in [0.1, 0.15) is 18.2 Å². The average Bonchev–Trinajstić information content (AvgIpc) is 2.77. The van der Waals surface area contributed by atoms with Gasteiger partial charge in [0.15, 0.2) is 5.82 Å². The van der Waals surface area contributed by atoms with Crippen molar-refractivity contribution in [3.63, 3.8) is 0 Å². The van der Waals surface area contributed by atoms with Crippen molar-refractivity contribution >= 4 is 11.9 Å². The molecular formula is C13H12N4O2. The van der Waals surface area contributed by atoms with Crippen LogP contribution in [0.15, 0.2) is 36.5 Å². The maximum Gasteiger partial charge on any atom is 0.413 e. The highest BCUT2D eigenvalue weighted by molar-refractivity contribution is 5.84. The van der Waals surface area contributed by atoms with Crippen LogP contribution in [0, 0.1) is 11.3 Å². The van der Waals surface area contributed by atoms with E-state index in [0.29, 0.717) is 5.56 Å². The van der Waals surface area contributed by atoms with Gasteiger partial charge in [-0.25, -0.2) is 4.79 Å². The van der Waals surface area contributed by atoms with Crippen molar-refractivity contribution in [3.05, 3.63) is 47.7 Å². The van der Waals surface area contributed by atoms with Crippen molar-refractivity contribution in [1.29, 1.82) is 5.26 Å². The number of hydrogen-bond acceptors (Lipinski definition) is 4. The summed E-state index contributed by atoms with van der Waals surface area (Å²) in [6.07, 6.45) is 0.881. The second-order valence-corrected chi connectivity index (χ2v) is 3.86. The summed E-state index contributed by atoms with van der Waals surface area (Å²) in [5.41, 5.74) is 1.18. The highest BCUT2D eigenvalue weighted by atomic mass is 16.5. The third kappa shape index (κ3) is 3.33. The van der Waals surface area contributed by atoms with Crippen LogP contribution in [0.5, 0.6) is 0 Å². The Morgan fingerprint density at radius 1 is 1.47 bits per heavy atom. The van der Waals surface area contributed by atoms with E-state index in [-0.39, 0.29) is 12.4 Å². The van der Waals surface area contributed by atoms with E-state index in [0.717, 1.165) is 5.56 Å². The van der Waals surface area contributed by atoms with E-state index in [4.69, 9.17) is 10.00 Å². The van der Waals surface area contributed by atoms with Crippen LogP contribution < -0.4 is 5.32 Å². The van der Waals surface area contributed by atoms with Crippen molar-refractivity contribution in [1.82, 2.24) is 9.78 Å². The van der Waals surface area contributed by atoms with Gasteiger partial charge in [-0.3, -0.25) is 10.00 Å². The summed E-state index contributed by atoms with van der Waals surface area (Å²) in [6, 6.07) is 11.3. The molecule has 6 heteroatoms. The van der Waals surface area contributed by atoms with Gasteiger partial charge in [-0.05, 0) is 5.56 Å². The van der Waals surface area contributed by atoms with E-state index >= 15 is 0 Å². The molecule has 2 aromatic rings. The van der Waals surface area contributed by atoms with Crippen LogP contribution in [-0.2, 0) is 18.4 Å². The summed E-state index contributed by atoms with van der Waals surface area (Å²) >= 11 is 0. The number of aryl methyl sites for hydroxylation is 1. The average molecular weight is 256 g/mol. The molecule has 0 saturated heterocycles. The van der Waals surface area contributed by atoms with Crippen LogP contribution in [0.3, 0.4) is 0 Å². The Morgan fingerprint density at radius 3 is 2.89 bits per heavy atom. The smallest absolute Gasteiger partial charge is 0.413 e. The van der Waals surface area contributed by atoms with Gasteiger partial charge in [0.05, 0.1) is 0 Å². The van der Waals surface area contributed by atoms with Gasteiger partial charge in [0.2, 0.25) is 0 Å². The lowest BCUT2D eigenvalue weighted by atomic mass is 10.2. The molecule has 1 heterocycles. The number of rotatable bonds is 3. The predicted octanol–water partition coefficient (Wildman–Crippen LogP) is 2.04. The molecular weight excluding hydrogens is 244 g/mol. The molecule has 96 valence electrons. The molecule has 1 aromatic carbocycles. The second-order valence-electron chi connectivity index (χ2n) is 3.86. The number of carbonyl (C=O) groups is 1. The summed E-state index contributed by atoms with van der Waals surface area (Å²) in [5.74, 6) is 0.197. The van der Waals surface area contributed by atoms with Gasteiger partial charge in [0.25, 0.3) is 0 Å². The molecule has 2 rings (SSSR count). The van der Waals surface area contributed by atoms with E-state index in [2.05, 4.69) is 10.4 Å². The Hall–Kier alpha value is -2.81. The number of nitrogens with zero attached hydrogens (tertiary/aromatic N) is 3. The summed E-state index contributed by atoms with van der Waals surface area (Å²) in [5, 5.41) is 15.3. The van der Waals surface area contributed by atoms with Gasteiger partial charge < -0.3 is 4.74 Å². The third-order valence-electron chi connectivity index (χ3n) is 2.38. The summed E-state index contributed by atoms with van der Waals surface area (Å²) in [7, 11) is 1.67. The lowest BCUT2D eigenvalue weighted by Crippen LogP contribution is -2.14. The number of benzene rings is 1. The molecule has 0 radical (unpaired) electrons. The van der Waals surface area contributed by atoms with Crippen LogP contribution in [0.1, 0.15) is 11.1 Å². The van der Waals surface area contributed by atoms with Crippen molar-refractivity contribution < 1.29 is 9.53 Å². The summed E-state index contributed by atoms with van der Waals surface area (Å²) in [4.78, 5) is 11.6. The summed E-state index contributed by atoms with van der Waals surface area (Å²) in [6.45, 7) is 0.168. The number of nitriles is 1. The standard InChI is InChI=1S/C13H12N4O2/c1-17-8-11(7-14)12(16-17)15-13(18)19-9-10-5-3-2-4-6-10/h2-6,8H,9H2,1H3,(H,15,16,18). The summed E-state index contributed by atoms with van der Waals surface area (Å²) < 4.78 is 6.48. The van der Waals surface area contributed by atoms with Crippen molar-refractivity contribution in [2.45, 2.75) is 6.61 Å². The first kappa shape index (κ1) is 12.6. The quantitative estimate of drug-likeness (QED) is 0.911. The maximum absolute atomic E-state index is 11.6. The van der Waals surface area contributed by atoms with Gasteiger partial charge in [-0.15, -0.1) is 0 Å². The zero-order valence-corrected chi connectivity index (χ0v) is 10.3. The first-order valence-corrected chi connectivity index (χ1v) is 5.60. The molecule has 0 aliphatic carbocycles. The molecule has 0 atom stereocenters. The fourth-order valence-corrected chi connectivity index (χ4v) is 1.52. The number of aromatic nitrogens is 2. The highest BCUT2D eigenvalue weighted by Crippen LogP contribution is 2.11. The molecule has 0 fully saturated rings. The molecule has 6 nitrogen and oxygen atoms in total. The molecule has 1 amide bonds. The van der Waals surface area contributed by atoms with Crippen molar-refractivity contribution in [2.75, 3.05) is 5.32 Å². The molecule has 0 spiro atoms. The number of hydrogen-bond donors (Lipinski definition) is 1. The minimum atomic E-state index is -0.640. The minimum absolute atomic E-state index is 0.168. The van der Waals surface area contributed by atoms with Crippen LogP contribution in [0.25, 0.3) is 0 Å². The number of ether oxygens (including phenoxy) is 1. The predicted molar refractivity (Wildman–Crippen MR) is 68.2 cm³/mol. The SMILES string of the molecule is Cn1cc(C#N)c(NC(=O)OCc2ccccc2)n1. The first-order chi connectivity index (χ1) is 9.19. The van der Waals surface area contributed by atoms with Gasteiger partial charge >= 0.3 is 6.09 Å². The maximum atomic E-state index is 11.6. The molecule has 0 bridgehead atoms. The number of carbonyl (C=O) groups excluding carboxylic acids is 1. The molecule has 0 unspecified atom stereocenters. The van der Waals surface area contributed by atoms with E-state index in [1.165, 1.54) is 10.9 Å².